The Morgan fingerprint density at radius 1 is 1.35 bits per heavy atom. The van der Waals surface area contributed by atoms with Crippen molar-refractivity contribution in [1.82, 2.24) is 0 Å². The van der Waals surface area contributed by atoms with Crippen molar-refractivity contribution in [1.29, 1.82) is 0 Å². The molecule has 0 N–H and O–H groups in total. The standard InChI is InChI=1S/C11H12N2O3S/c1-9(14)6-7-13-8-12-17(15,16)11-5-3-2-4-10(11)13/h2-5,8H,6-7H2,1H3. The minimum absolute atomic E-state index is 0.0595. The van der Waals surface area contributed by atoms with Gasteiger partial charge in [-0.2, -0.15) is 8.42 Å². The van der Waals surface area contributed by atoms with E-state index in [0.29, 0.717) is 18.7 Å². The molecule has 5 nitrogen and oxygen atoms in total. The second kappa shape index (κ2) is 4.29. The van der Waals surface area contributed by atoms with Crippen LogP contribution >= 0.6 is 0 Å². The molecule has 0 unspecified atom stereocenters. The van der Waals surface area contributed by atoms with E-state index in [1.807, 2.05) is 0 Å². The van der Waals surface area contributed by atoms with Crippen molar-refractivity contribution >= 4 is 27.8 Å². The molecule has 0 radical (unpaired) electrons. The molecule has 1 aliphatic heterocycles. The Hall–Kier alpha value is -1.69. The topological polar surface area (TPSA) is 66.8 Å². The summed E-state index contributed by atoms with van der Waals surface area (Å²) in [5, 5.41) is 0. The molecule has 0 amide bonds. The second-order valence-corrected chi connectivity index (χ2v) is 5.41. The highest BCUT2D eigenvalue weighted by Gasteiger charge is 2.24. The van der Waals surface area contributed by atoms with E-state index >= 15 is 0 Å². The number of sulfonamides is 1. The highest BCUT2D eigenvalue weighted by molar-refractivity contribution is 7.90. The highest BCUT2D eigenvalue weighted by Crippen LogP contribution is 2.28. The van der Waals surface area contributed by atoms with Gasteiger partial charge >= 0.3 is 0 Å². The zero-order valence-electron chi connectivity index (χ0n) is 9.33. The van der Waals surface area contributed by atoms with E-state index in [1.165, 1.54) is 19.3 Å². The third-order valence-corrected chi connectivity index (χ3v) is 3.76. The molecule has 0 fully saturated rings. The molecule has 0 aromatic heterocycles. The molecule has 0 atom stereocenters. The van der Waals surface area contributed by atoms with Gasteiger partial charge in [0.05, 0.1) is 5.69 Å². The Labute approximate surface area is 99.8 Å². The fourth-order valence-corrected chi connectivity index (χ4v) is 2.66. The summed E-state index contributed by atoms with van der Waals surface area (Å²) in [5.74, 6) is 0.0595. The van der Waals surface area contributed by atoms with Crippen LogP contribution in [0.25, 0.3) is 0 Å². The number of para-hydroxylation sites is 1. The van der Waals surface area contributed by atoms with E-state index in [2.05, 4.69) is 4.40 Å². The largest absolute Gasteiger partial charge is 0.330 e. The first-order valence-corrected chi connectivity index (χ1v) is 6.60. The first kappa shape index (κ1) is 11.8. The number of Topliss-reactive ketones (excluding diaryl/α,β-unsaturated/α-hetero) is 1. The summed E-state index contributed by atoms with van der Waals surface area (Å²) in [6, 6.07) is 6.63. The van der Waals surface area contributed by atoms with Gasteiger partial charge in [0.25, 0.3) is 10.0 Å². The Morgan fingerprint density at radius 3 is 2.76 bits per heavy atom. The van der Waals surface area contributed by atoms with Gasteiger partial charge in [-0.1, -0.05) is 12.1 Å². The zero-order chi connectivity index (χ0) is 12.5. The third-order valence-electron chi connectivity index (χ3n) is 2.48. The molecule has 0 spiro atoms. The van der Waals surface area contributed by atoms with E-state index in [1.54, 1.807) is 23.1 Å². The van der Waals surface area contributed by atoms with E-state index < -0.39 is 10.0 Å². The monoisotopic (exact) mass is 252 g/mol. The summed E-state index contributed by atoms with van der Waals surface area (Å²) >= 11 is 0. The molecule has 0 saturated heterocycles. The van der Waals surface area contributed by atoms with Gasteiger partial charge in [-0.15, -0.1) is 4.40 Å². The maximum absolute atomic E-state index is 11.7. The minimum Gasteiger partial charge on any atom is -0.330 e. The summed E-state index contributed by atoms with van der Waals surface area (Å²) in [7, 11) is -3.57. The number of carbonyl (C=O) groups excluding carboxylic acids is 1. The van der Waals surface area contributed by atoms with Gasteiger partial charge in [0.2, 0.25) is 0 Å². The predicted octanol–water partition coefficient (Wildman–Crippen LogP) is 1.20. The average Bonchev–Trinajstić information content (AvgIpc) is 2.28. The van der Waals surface area contributed by atoms with Crippen molar-refractivity contribution in [2.45, 2.75) is 18.2 Å². The molecule has 90 valence electrons. The van der Waals surface area contributed by atoms with Crippen LogP contribution < -0.4 is 4.90 Å². The fraction of sp³-hybridized carbons (Fsp3) is 0.273. The van der Waals surface area contributed by atoms with Crippen molar-refractivity contribution in [2.24, 2.45) is 4.40 Å². The summed E-state index contributed by atoms with van der Waals surface area (Å²) in [5.41, 5.74) is 0.573. The lowest BCUT2D eigenvalue weighted by atomic mass is 10.2. The number of fused-ring (bicyclic) bond motifs is 1. The van der Waals surface area contributed by atoms with Gasteiger partial charge in [-0.3, -0.25) is 4.79 Å². The molecule has 0 bridgehead atoms. The number of ketones is 1. The van der Waals surface area contributed by atoms with Gasteiger partial charge in [-0.05, 0) is 19.1 Å². The van der Waals surface area contributed by atoms with Crippen LogP contribution in [0.4, 0.5) is 5.69 Å². The Morgan fingerprint density at radius 2 is 2.06 bits per heavy atom. The van der Waals surface area contributed by atoms with Gasteiger partial charge in [0.15, 0.2) is 0 Å². The number of hydrogen-bond donors (Lipinski definition) is 0. The quantitative estimate of drug-likeness (QED) is 0.810. The van der Waals surface area contributed by atoms with Gasteiger partial charge in [-0.25, -0.2) is 0 Å². The van der Waals surface area contributed by atoms with Crippen LogP contribution in [0.3, 0.4) is 0 Å². The summed E-state index contributed by atoms with van der Waals surface area (Å²) < 4.78 is 26.9. The number of benzene rings is 1. The first-order chi connectivity index (χ1) is 8.00. The maximum Gasteiger partial charge on any atom is 0.285 e. The molecule has 1 aromatic carbocycles. The molecule has 2 rings (SSSR count). The van der Waals surface area contributed by atoms with E-state index in [9.17, 15) is 13.2 Å². The number of carbonyl (C=O) groups is 1. The van der Waals surface area contributed by atoms with Crippen LogP contribution in [-0.4, -0.2) is 27.1 Å². The number of rotatable bonds is 3. The van der Waals surface area contributed by atoms with Crippen molar-refractivity contribution in [3.8, 4) is 0 Å². The lowest BCUT2D eigenvalue weighted by molar-refractivity contribution is -0.116. The molecule has 17 heavy (non-hydrogen) atoms. The Kier molecular flexibility index (Phi) is 2.97. The van der Waals surface area contributed by atoms with Crippen LogP contribution in [0.5, 0.6) is 0 Å². The fourth-order valence-electron chi connectivity index (χ4n) is 1.61. The van der Waals surface area contributed by atoms with Crippen molar-refractivity contribution < 1.29 is 13.2 Å². The lowest BCUT2D eigenvalue weighted by Crippen LogP contribution is -2.29. The lowest BCUT2D eigenvalue weighted by Gasteiger charge is -2.24. The van der Waals surface area contributed by atoms with E-state index in [0.717, 1.165) is 0 Å². The Balaban J connectivity index is 2.37. The van der Waals surface area contributed by atoms with Crippen molar-refractivity contribution in [3.63, 3.8) is 0 Å². The number of hydrogen-bond acceptors (Lipinski definition) is 4. The predicted molar refractivity (Wildman–Crippen MR) is 64.8 cm³/mol. The van der Waals surface area contributed by atoms with Crippen LogP contribution in [0.15, 0.2) is 33.6 Å². The summed E-state index contributed by atoms with van der Waals surface area (Å²) in [6.45, 7) is 1.94. The van der Waals surface area contributed by atoms with Crippen molar-refractivity contribution in [2.75, 3.05) is 11.4 Å². The molecule has 0 aliphatic carbocycles. The highest BCUT2D eigenvalue weighted by atomic mass is 32.2. The minimum atomic E-state index is -3.57. The zero-order valence-corrected chi connectivity index (χ0v) is 10.1. The van der Waals surface area contributed by atoms with Crippen LogP contribution in [0.1, 0.15) is 13.3 Å². The van der Waals surface area contributed by atoms with Crippen LogP contribution in [0.2, 0.25) is 0 Å². The smallest absolute Gasteiger partial charge is 0.285 e. The molecule has 6 heteroatoms. The van der Waals surface area contributed by atoms with Crippen LogP contribution in [-0.2, 0) is 14.8 Å². The molecular weight excluding hydrogens is 240 g/mol. The number of nitrogens with zero attached hydrogens (tertiary/aromatic N) is 2. The normalized spacial score (nSPS) is 16.6. The van der Waals surface area contributed by atoms with E-state index in [4.69, 9.17) is 0 Å². The van der Waals surface area contributed by atoms with Crippen LogP contribution in [0, 0.1) is 0 Å². The Bertz CT molecular complexity index is 578. The van der Waals surface area contributed by atoms with Gasteiger partial charge < -0.3 is 4.90 Å². The van der Waals surface area contributed by atoms with E-state index in [-0.39, 0.29) is 10.7 Å². The molecule has 1 aliphatic rings. The molecular formula is C11H12N2O3S. The molecule has 1 aromatic rings. The SMILES string of the molecule is CC(=O)CCN1C=NS(=O)(=O)c2ccccc21. The van der Waals surface area contributed by atoms with Gasteiger partial charge in [0.1, 0.15) is 17.0 Å². The first-order valence-electron chi connectivity index (χ1n) is 5.16. The average molecular weight is 252 g/mol. The van der Waals surface area contributed by atoms with Crippen molar-refractivity contribution in [3.05, 3.63) is 24.3 Å². The molecule has 0 saturated carbocycles. The molecule has 1 heterocycles. The maximum atomic E-state index is 11.7. The number of anilines is 1. The third kappa shape index (κ3) is 2.36. The summed E-state index contributed by atoms with van der Waals surface area (Å²) in [4.78, 5) is 12.8. The summed E-state index contributed by atoms with van der Waals surface area (Å²) in [6.07, 6.45) is 1.63. The second-order valence-electron chi connectivity index (χ2n) is 3.81. The van der Waals surface area contributed by atoms with Gasteiger partial charge in [0, 0.05) is 13.0 Å².